The maximum atomic E-state index is 6.63. The number of thiophene rings is 1. The van der Waals surface area contributed by atoms with Crippen LogP contribution in [0, 0.1) is 0 Å². The van der Waals surface area contributed by atoms with E-state index in [2.05, 4.69) is 144 Å². The summed E-state index contributed by atoms with van der Waals surface area (Å²) in [6.07, 6.45) is 0. The molecule has 1 aliphatic rings. The monoisotopic (exact) mass is 617 g/mol. The number of hydrogen-bond donors (Lipinski definition) is 0. The van der Waals surface area contributed by atoms with E-state index in [1.165, 1.54) is 31.1 Å². The van der Waals surface area contributed by atoms with E-state index in [1.54, 1.807) is 0 Å². The molecular weight excluding hydrogens is 595 g/mol. The molecule has 3 aromatic heterocycles. The predicted octanol–water partition coefficient (Wildman–Crippen LogP) is 11.7. The highest BCUT2D eigenvalue weighted by atomic mass is 32.1. The lowest BCUT2D eigenvalue weighted by molar-refractivity contribution is 0.487. The van der Waals surface area contributed by atoms with Crippen LogP contribution in [-0.2, 0) is 0 Å². The van der Waals surface area contributed by atoms with Gasteiger partial charge in [-0.1, -0.05) is 103 Å². The van der Waals surface area contributed by atoms with Crippen LogP contribution in [0.4, 0.5) is 0 Å². The lowest BCUT2D eigenvalue weighted by Gasteiger charge is -2.21. The van der Waals surface area contributed by atoms with Gasteiger partial charge in [0.05, 0.1) is 22.2 Å². The summed E-state index contributed by atoms with van der Waals surface area (Å²) in [5, 5.41) is 8.20. The predicted molar refractivity (Wildman–Crippen MR) is 195 cm³/mol. The second-order valence-corrected chi connectivity index (χ2v) is 13.2. The van der Waals surface area contributed by atoms with Crippen molar-refractivity contribution in [2.24, 2.45) is 0 Å². The molecule has 0 aliphatic carbocycles. The highest BCUT2D eigenvalue weighted by Gasteiger charge is 2.24. The van der Waals surface area contributed by atoms with Crippen molar-refractivity contribution in [2.45, 2.75) is 0 Å². The lowest BCUT2D eigenvalue weighted by atomic mass is 9.93. The summed E-state index contributed by atoms with van der Waals surface area (Å²) in [5.41, 5.74) is 7.32. The molecule has 0 saturated carbocycles. The molecule has 0 N–H and O–H groups in total. The normalized spacial score (nSPS) is 12.4. The highest BCUT2D eigenvalue weighted by Crippen LogP contribution is 2.49. The minimum atomic E-state index is 0.640. The van der Waals surface area contributed by atoms with Crippen molar-refractivity contribution in [3.8, 4) is 39.8 Å². The summed E-state index contributed by atoms with van der Waals surface area (Å²) in [6.45, 7) is 0. The number of aromatic nitrogens is 3. The molecular formula is C42H23N3OS. The standard InChI is InChI=1S/C42H23N3OS/c1-4-18-33-29(14-1)40(30-17-9-16-28-26-13-3-6-21-38(26)47-41(28)30)44-42(43-33)45-34-19-5-2-12-25(34)31-22-32-27-15-7-10-24-11-8-20-36(39(24)27)46-37(32)23-35(31)45/h1-23H. The fourth-order valence-electron chi connectivity index (χ4n) is 7.54. The van der Waals surface area contributed by atoms with Gasteiger partial charge in [-0.2, -0.15) is 0 Å². The van der Waals surface area contributed by atoms with Gasteiger partial charge in [0.2, 0.25) is 5.95 Å². The molecule has 0 unspecified atom stereocenters. The van der Waals surface area contributed by atoms with Gasteiger partial charge >= 0.3 is 0 Å². The quantitative estimate of drug-likeness (QED) is 0.194. The number of fused-ring (bicyclic) bond motifs is 9. The molecule has 4 nitrogen and oxygen atoms in total. The Morgan fingerprint density at radius 1 is 0.511 bits per heavy atom. The molecule has 0 fully saturated rings. The fraction of sp³-hybridized carbons (Fsp3) is 0. The molecule has 7 aromatic carbocycles. The van der Waals surface area contributed by atoms with E-state index in [9.17, 15) is 0 Å². The van der Waals surface area contributed by atoms with Crippen LogP contribution in [0.15, 0.2) is 140 Å². The van der Waals surface area contributed by atoms with Gasteiger partial charge in [-0.3, -0.25) is 4.57 Å². The van der Waals surface area contributed by atoms with Crippen LogP contribution in [-0.4, -0.2) is 14.5 Å². The van der Waals surface area contributed by atoms with Crippen LogP contribution >= 0.6 is 11.3 Å². The van der Waals surface area contributed by atoms with Crippen LogP contribution in [0.2, 0.25) is 0 Å². The van der Waals surface area contributed by atoms with Crippen LogP contribution in [0.25, 0.3) is 92.0 Å². The number of nitrogens with zero attached hydrogens (tertiary/aromatic N) is 3. The lowest BCUT2D eigenvalue weighted by Crippen LogP contribution is -2.04. The van der Waals surface area contributed by atoms with Gasteiger partial charge in [0.25, 0.3) is 0 Å². The third-order valence-corrected chi connectivity index (χ3v) is 10.8. The summed E-state index contributed by atoms with van der Waals surface area (Å²) < 4.78 is 11.3. The minimum Gasteiger partial charge on any atom is -0.456 e. The first kappa shape index (κ1) is 25.2. The van der Waals surface area contributed by atoms with E-state index in [-0.39, 0.29) is 0 Å². The van der Waals surface area contributed by atoms with Crippen molar-refractivity contribution in [3.05, 3.63) is 140 Å². The van der Waals surface area contributed by atoms with Crippen LogP contribution < -0.4 is 4.74 Å². The summed E-state index contributed by atoms with van der Waals surface area (Å²) in [4.78, 5) is 10.7. The Bertz CT molecular complexity index is 2950. The van der Waals surface area contributed by atoms with E-state index in [0.29, 0.717) is 5.95 Å². The molecule has 218 valence electrons. The van der Waals surface area contributed by atoms with Gasteiger partial charge in [0.15, 0.2) is 0 Å². The van der Waals surface area contributed by atoms with Crippen LogP contribution in [0.3, 0.4) is 0 Å². The van der Waals surface area contributed by atoms with Gasteiger partial charge in [0, 0.05) is 58.9 Å². The Labute approximate surface area is 272 Å². The first-order valence-electron chi connectivity index (χ1n) is 15.8. The van der Waals surface area contributed by atoms with Gasteiger partial charge in [-0.25, -0.2) is 9.97 Å². The van der Waals surface area contributed by atoms with E-state index in [4.69, 9.17) is 14.7 Å². The van der Waals surface area contributed by atoms with Crippen LogP contribution in [0.1, 0.15) is 0 Å². The zero-order valence-corrected chi connectivity index (χ0v) is 25.8. The van der Waals surface area contributed by atoms with Crippen molar-refractivity contribution < 1.29 is 4.74 Å². The van der Waals surface area contributed by atoms with Crippen LogP contribution in [0.5, 0.6) is 11.5 Å². The Morgan fingerprint density at radius 2 is 1.26 bits per heavy atom. The number of rotatable bonds is 2. The molecule has 5 heteroatoms. The first-order valence-corrected chi connectivity index (χ1v) is 16.6. The third-order valence-electron chi connectivity index (χ3n) is 9.60. The van der Waals surface area contributed by atoms with E-state index in [0.717, 1.165) is 66.4 Å². The second-order valence-electron chi connectivity index (χ2n) is 12.1. The zero-order valence-electron chi connectivity index (χ0n) is 24.9. The molecule has 0 bridgehead atoms. The topological polar surface area (TPSA) is 39.9 Å². The first-order chi connectivity index (χ1) is 23.3. The highest BCUT2D eigenvalue weighted by molar-refractivity contribution is 7.26. The second kappa shape index (κ2) is 9.25. The smallest absolute Gasteiger partial charge is 0.235 e. The summed E-state index contributed by atoms with van der Waals surface area (Å²) in [7, 11) is 0. The fourth-order valence-corrected chi connectivity index (χ4v) is 8.76. The average molecular weight is 618 g/mol. The molecule has 0 amide bonds. The summed E-state index contributed by atoms with van der Waals surface area (Å²) >= 11 is 1.82. The minimum absolute atomic E-state index is 0.640. The molecule has 1 aliphatic heterocycles. The van der Waals surface area contributed by atoms with Gasteiger partial charge in [0.1, 0.15) is 11.5 Å². The Hall–Kier alpha value is -6.04. The van der Waals surface area contributed by atoms with Crippen molar-refractivity contribution in [1.82, 2.24) is 14.5 Å². The zero-order chi connectivity index (χ0) is 30.6. The third kappa shape index (κ3) is 3.46. The number of hydrogen-bond acceptors (Lipinski definition) is 4. The number of benzene rings is 7. The van der Waals surface area contributed by atoms with Crippen molar-refractivity contribution in [1.29, 1.82) is 0 Å². The van der Waals surface area contributed by atoms with Gasteiger partial charge in [-0.15, -0.1) is 11.3 Å². The van der Waals surface area contributed by atoms with Crippen molar-refractivity contribution in [2.75, 3.05) is 0 Å². The SMILES string of the molecule is c1cc2c3c(cccc3c1)-c1cc3c4ccccc4n(-c4nc(-c5cccc6c5sc5ccccc56)c5ccccc5n4)c3cc1O2. The Morgan fingerprint density at radius 3 is 2.19 bits per heavy atom. The molecule has 10 aromatic rings. The Kier molecular flexibility index (Phi) is 4.96. The molecule has 11 rings (SSSR count). The number of ether oxygens (including phenoxy) is 1. The maximum absolute atomic E-state index is 6.63. The molecule has 0 saturated heterocycles. The van der Waals surface area contributed by atoms with Gasteiger partial charge in [-0.05, 0) is 41.3 Å². The molecule has 0 radical (unpaired) electrons. The van der Waals surface area contributed by atoms with Crippen molar-refractivity contribution >= 4 is 75.0 Å². The molecule has 47 heavy (non-hydrogen) atoms. The largest absolute Gasteiger partial charge is 0.456 e. The molecule has 4 heterocycles. The molecule has 0 atom stereocenters. The number of para-hydroxylation sites is 2. The summed E-state index contributed by atoms with van der Waals surface area (Å²) in [5.74, 6) is 2.36. The van der Waals surface area contributed by atoms with E-state index in [1.807, 2.05) is 11.3 Å². The average Bonchev–Trinajstić information content (AvgIpc) is 3.66. The van der Waals surface area contributed by atoms with E-state index < -0.39 is 0 Å². The maximum Gasteiger partial charge on any atom is 0.235 e. The van der Waals surface area contributed by atoms with Gasteiger partial charge < -0.3 is 4.74 Å². The molecule has 0 spiro atoms. The summed E-state index contributed by atoms with van der Waals surface area (Å²) in [6, 6.07) is 49.3. The Balaban J connectivity index is 1.22. The van der Waals surface area contributed by atoms with Crippen molar-refractivity contribution in [3.63, 3.8) is 0 Å². The van der Waals surface area contributed by atoms with E-state index >= 15 is 0 Å².